The third kappa shape index (κ3) is 3.57. The lowest BCUT2D eigenvalue weighted by atomic mass is 9.76. The van der Waals surface area contributed by atoms with Crippen molar-refractivity contribution < 1.29 is 14.3 Å². The highest BCUT2D eigenvalue weighted by Crippen LogP contribution is 2.33. The molecule has 5 heteroatoms. The van der Waals surface area contributed by atoms with Crippen molar-refractivity contribution in [2.24, 2.45) is 11.3 Å². The largest absolute Gasteiger partial charge is 0.466 e. The number of amides is 1. The van der Waals surface area contributed by atoms with E-state index in [9.17, 15) is 9.59 Å². The van der Waals surface area contributed by atoms with Crippen LogP contribution in [0, 0.1) is 11.3 Å². The molecule has 1 amide bonds. The van der Waals surface area contributed by atoms with E-state index in [0.717, 1.165) is 45.2 Å². The van der Waals surface area contributed by atoms with E-state index < -0.39 is 0 Å². The molecule has 1 unspecified atom stereocenters. The van der Waals surface area contributed by atoms with Gasteiger partial charge in [-0.3, -0.25) is 9.59 Å². The summed E-state index contributed by atoms with van der Waals surface area (Å²) in [5.41, 5.74) is -0.227. The number of hydrogen-bond acceptors (Lipinski definition) is 4. The van der Waals surface area contributed by atoms with Gasteiger partial charge < -0.3 is 15.0 Å². The maximum absolute atomic E-state index is 12.9. The average molecular weight is 296 g/mol. The summed E-state index contributed by atoms with van der Waals surface area (Å²) in [6, 6.07) is 0. The van der Waals surface area contributed by atoms with Crippen molar-refractivity contribution in [1.29, 1.82) is 0 Å². The fourth-order valence-corrected chi connectivity index (χ4v) is 3.52. The molecule has 0 bridgehead atoms. The number of hydrogen-bond donors (Lipinski definition) is 1. The van der Waals surface area contributed by atoms with Gasteiger partial charge >= 0.3 is 5.97 Å². The Morgan fingerprint density at radius 1 is 1.29 bits per heavy atom. The Kier molecular flexibility index (Phi) is 5.62. The van der Waals surface area contributed by atoms with Crippen LogP contribution >= 0.6 is 0 Å². The van der Waals surface area contributed by atoms with Gasteiger partial charge in [-0.05, 0) is 45.6 Å². The van der Waals surface area contributed by atoms with Crippen molar-refractivity contribution in [1.82, 2.24) is 10.2 Å². The Balaban J connectivity index is 1.91. The third-order valence-corrected chi connectivity index (χ3v) is 5.00. The first kappa shape index (κ1) is 16.3. The van der Waals surface area contributed by atoms with Crippen LogP contribution in [0.3, 0.4) is 0 Å². The molecule has 2 aliphatic heterocycles. The van der Waals surface area contributed by atoms with Gasteiger partial charge in [0.15, 0.2) is 0 Å². The number of nitrogens with zero attached hydrogens (tertiary/aromatic N) is 1. The molecule has 21 heavy (non-hydrogen) atoms. The van der Waals surface area contributed by atoms with Gasteiger partial charge in [-0.1, -0.05) is 6.92 Å². The van der Waals surface area contributed by atoms with E-state index in [2.05, 4.69) is 12.2 Å². The second kappa shape index (κ2) is 7.25. The van der Waals surface area contributed by atoms with Crippen LogP contribution in [0.2, 0.25) is 0 Å². The number of ether oxygens (including phenoxy) is 1. The van der Waals surface area contributed by atoms with Crippen molar-refractivity contribution in [3.8, 4) is 0 Å². The molecule has 2 saturated heterocycles. The summed E-state index contributed by atoms with van der Waals surface area (Å²) in [5, 5.41) is 3.37. The standard InChI is InChI=1S/C16H28N2O3/c1-3-16(8-5-9-17-12-16)15(20)18-10-6-13(7-11-18)14(19)21-4-2/h13,17H,3-12H2,1-2H3. The first-order valence-electron chi connectivity index (χ1n) is 8.29. The van der Waals surface area contributed by atoms with Crippen LogP contribution in [0.25, 0.3) is 0 Å². The number of piperidine rings is 2. The van der Waals surface area contributed by atoms with Gasteiger partial charge in [-0.15, -0.1) is 0 Å². The Hall–Kier alpha value is -1.10. The summed E-state index contributed by atoms with van der Waals surface area (Å²) in [7, 11) is 0. The first-order valence-corrected chi connectivity index (χ1v) is 8.29. The quantitative estimate of drug-likeness (QED) is 0.800. The van der Waals surface area contributed by atoms with Crippen LogP contribution in [0.4, 0.5) is 0 Å². The molecule has 0 spiro atoms. The van der Waals surface area contributed by atoms with Gasteiger partial charge in [0.05, 0.1) is 17.9 Å². The van der Waals surface area contributed by atoms with Gasteiger partial charge in [-0.2, -0.15) is 0 Å². The Labute approximate surface area is 127 Å². The molecule has 0 aromatic rings. The van der Waals surface area contributed by atoms with E-state index in [1.54, 1.807) is 0 Å². The van der Waals surface area contributed by atoms with Crippen molar-refractivity contribution >= 4 is 11.9 Å². The molecule has 5 nitrogen and oxygen atoms in total. The van der Waals surface area contributed by atoms with E-state index in [0.29, 0.717) is 19.7 Å². The zero-order chi connectivity index (χ0) is 15.3. The fraction of sp³-hybridized carbons (Fsp3) is 0.875. The van der Waals surface area contributed by atoms with E-state index in [1.807, 2.05) is 11.8 Å². The van der Waals surface area contributed by atoms with Gasteiger partial charge in [0.2, 0.25) is 5.91 Å². The highest BCUT2D eigenvalue weighted by molar-refractivity contribution is 5.83. The summed E-state index contributed by atoms with van der Waals surface area (Å²) in [4.78, 5) is 26.6. The molecule has 0 saturated carbocycles. The molecule has 2 rings (SSSR count). The first-order chi connectivity index (χ1) is 10.1. The SMILES string of the molecule is CCOC(=O)C1CCN(C(=O)C2(CC)CCCNC2)CC1. The Morgan fingerprint density at radius 2 is 2.00 bits per heavy atom. The highest BCUT2D eigenvalue weighted by atomic mass is 16.5. The minimum atomic E-state index is -0.227. The van der Waals surface area contributed by atoms with Crippen LogP contribution in [-0.4, -0.2) is 49.6 Å². The monoisotopic (exact) mass is 296 g/mol. The van der Waals surface area contributed by atoms with Crippen LogP contribution in [-0.2, 0) is 14.3 Å². The van der Waals surface area contributed by atoms with Gasteiger partial charge in [0, 0.05) is 19.6 Å². The predicted octanol–water partition coefficient (Wildman–Crippen LogP) is 1.57. The molecule has 2 aliphatic rings. The molecular formula is C16H28N2O3. The van der Waals surface area contributed by atoms with Gasteiger partial charge in [0.25, 0.3) is 0 Å². The highest BCUT2D eigenvalue weighted by Gasteiger charge is 2.41. The van der Waals surface area contributed by atoms with E-state index in [-0.39, 0.29) is 23.2 Å². The number of carbonyl (C=O) groups is 2. The summed E-state index contributed by atoms with van der Waals surface area (Å²) in [6.07, 6.45) is 4.40. The molecule has 0 aliphatic carbocycles. The summed E-state index contributed by atoms with van der Waals surface area (Å²) in [6.45, 7) is 7.55. The van der Waals surface area contributed by atoms with E-state index >= 15 is 0 Å². The van der Waals surface area contributed by atoms with Crippen LogP contribution in [0.15, 0.2) is 0 Å². The lowest BCUT2D eigenvalue weighted by molar-refractivity contribution is -0.153. The summed E-state index contributed by atoms with van der Waals surface area (Å²) >= 11 is 0. The summed E-state index contributed by atoms with van der Waals surface area (Å²) in [5.74, 6) is 0.143. The minimum absolute atomic E-state index is 0.0314. The number of rotatable bonds is 4. The van der Waals surface area contributed by atoms with E-state index in [4.69, 9.17) is 4.74 Å². The molecule has 0 radical (unpaired) electrons. The van der Waals surface area contributed by atoms with Gasteiger partial charge in [0.1, 0.15) is 0 Å². The third-order valence-electron chi connectivity index (χ3n) is 5.00. The molecule has 0 aromatic carbocycles. The second-order valence-electron chi connectivity index (χ2n) is 6.23. The normalized spacial score (nSPS) is 27.4. The smallest absolute Gasteiger partial charge is 0.309 e. The average Bonchev–Trinajstić information content (AvgIpc) is 2.55. The maximum Gasteiger partial charge on any atom is 0.309 e. The number of nitrogens with one attached hydrogen (secondary N) is 1. The zero-order valence-corrected chi connectivity index (χ0v) is 13.3. The second-order valence-corrected chi connectivity index (χ2v) is 6.23. The predicted molar refractivity (Wildman–Crippen MR) is 80.8 cm³/mol. The Bertz CT molecular complexity index is 370. The number of esters is 1. The van der Waals surface area contributed by atoms with Crippen LogP contribution < -0.4 is 5.32 Å². The number of likely N-dealkylation sites (tertiary alicyclic amines) is 1. The number of carbonyl (C=O) groups excluding carboxylic acids is 2. The van der Waals surface area contributed by atoms with Gasteiger partial charge in [-0.25, -0.2) is 0 Å². The topological polar surface area (TPSA) is 58.6 Å². The molecule has 120 valence electrons. The lowest BCUT2D eigenvalue weighted by Crippen LogP contribution is -2.53. The molecule has 0 aromatic heterocycles. The molecule has 1 atom stereocenters. The van der Waals surface area contributed by atoms with Crippen LogP contribution in [0.1, 0.15) is 46.0 Å². The molecule has 1 N–H and O–H groups in total. The molecule has 2 heterocycles. The van der Waals surface area contributed by atoms with Crippen LogP contribution in [0.5, 0.6) is 0 Å². The summed E-state index contributed by atoms with van der Waals surface area (Å²) < 4.78 is 5.08. The minimum Gasteiger partial charge on any atom is -0.466 e. The van der Waals surface area contributed by atoms with E-state index in [1.165, 1.54) is 0 Å². The maximum atomic E-state index is 12.9. The van der Waals surface area contributed by atoms with Crippen molar-refractivity contribution in [3.05, 3.63) is 0 Å². The lowest BCUT2D eigenvalue weighted by Gasteiger charge is -2.41. The Morgan fingerprint density at radius 3 is 2.52 bits per heavy atom. The van der Waals surface area contributed by atoms with Crippen molar-refractivity contribution in [3.63, 3.8) is 0 Å². The zero-order valence-electron chi connectivity index (χ0n) is 13.3. The van der Waals surface area contributed by atoms with Crippen molar-refractivity contribution in [2.45, 2.75) is 46.0 Å². The molecular weight excluding hydrogens is 268 g/mol. The van der Waals surface area contributed by atoms with Crippen molar-refractivity contribution in [2.75, 3.05) is 32.8 Å². The molecule has 2 fully saturated rings. The fourth-order valence-electron chi connectivity index (χ4n) is 3.52.